The summed E-state index contributed by atoms with van der Waals surface area (Å²) >= 11 is 3.44. The third-order valence-electron chi connectivity index (χ3n) is 4.68. The quantitative estimate of drug-likeness (QED) is 0.410. The van der Waals surface area contributed by atoms with Crippen LogP contribution >= 0.6 is 15.9 Å². The largest absolute Gasteiger partial charge is 0.494 e. The van der Waals surface area contributed by atoms with Crippen LogP contribution in [0.5, 0.6) is 5.75 Å². The zero-order valence-electron chi connectivity index (χ0n) is 16.6. The minimum Gasteiger partial charge on any atom is -0.494 e. The first kappa shape index (κ1) is 22.1. The predicted octanol–water partition coefficient (Wildman–Crippen LogP) is 3.27. The summed E-state index contributed by atoms with van der Waals surface area (Å²) in [5.41, 5.74) is 0.731. The van der Waals surface area contributed by atoms with E-state index in [1.165, 1.54) is 0 Å². The number of hydrogen-bond acceptors (Lipinski definition) is 5. The molecule has 1 aliphatic rings. The van der Waals surface area contributed by atoms with Crippen LogP contribution < -0.4 is 10.1 Å². The zero-order valence-corrected chi connectivity index (χ0v) is 18.2. The van der Waals surface area contributed by atoms with E-state index in [1.807, 2.05) is 48.5 Å². The molecule has 0 bridgehead atoms. The molecule has 158 valence electrons. The summed E-state index contributed by atoms with van der Waals surface area (Å²) in [7, 11) is 0. The van der Waals surface area contributed by atoms with Crippen molar-refractivity contribution in [2.24, 2.45) is 4.99 Å². The van der Waals surface area contributed by atoms with Gasteiger partial charge < -0.3 is 19.9 Å². The molecule has 2 aromatic rings. The molecule has 2 N–H and O–H groups in total. The highest BCUT2D eigenvalue weighted by molar-refractivity contribution is 9.10. The van der Waals surface area contributed by atoms with Crippen molar-refractivity contribution in [3.8, 4) is 5.75 Å². The number of benzene rings is 2. The first-order valence-electron chi connectivity index (χ1n) is 9.77. The zero-order chi connectivity index (χ0) is 21.4. The van der Waals surface area contributed by atoms with Gasteiger partial charge in [0.15, 0.2) is 5.54 Å². The Morgan fingerprint density at radius 2 is 2.00 bits per heavy atom. The number of hydrogen-bond donors (Lipinski definition) is 2. The van der Waals surface area contributed by atoms with E-state index in [4.69, 9.17) is 19.6 Å². The number of aliphatic hydroxyl groups is 1. The van der Waals surface area contributed by atoms with Crippen molar-refractivity contribution >= 4 is 27.7 Å². The number of rotatable bonds is 10. The maximum Gasteiger partial charge on any atom is 0.252 e. The number of halogens is 1. The van der Waals surface area contributed by atoms with Gasteiger partial charge in [-0.25, -0.2) is 4.99 Å². The minimum absolute atomic E-state index is 0.0943. The van der Waals surface area contributed by atoms with E-state index in [0.29, 0.717) is 37.6 Å². The van der Waals surface area contributed by atoms with Crippen LogP contribution in [-0.2, 0) is 16.0 Å². The van der Waals surface area contributed by atoms with Crippen LogP contribution in [0.15, 0.2) is 70.7 Å². The van der Waals surface area contributed by atoms with Crippen LogP contribution in [0.2, 0.25) is 0 Å². The van der Waals surface area contributed by atoms with Gasteiger partial charge in [-0.15, -0.1) is 6.58 Å². The molecule has 1 heterocycles. The molecular weight excluding hydrogens is 448 g/mol. The van der Waals surface area contributed by atoms with E-state index >= 15 is 0 Å². The van der Waals surface area contributed by atoms with Gasteiger partial charge in [0, 0.05) is 36.0 Å². The number of carbonyl (C=O) groups excluding carboxylic acids is 1. The van der Waals surface area contributed by atoms with Crippen molar-refractivity contribution in [1.29, 1.82) is 0 Å². The summed E-state index contributed by atoms with van der Waals surface area (Å²) in [6, 6.07) is 15.2. The minimum atomic E-state index is -1.04. The normalized spacial score (nSPS) is 17.7. The Hall–Kier alpha value is -2.64. The predicted molar refractivity (Wildman–Crippen MR) is 120 cm³/mol. The van der Waals surface area contributed by atoms with Gasteiger partial charge in [-0.2, -0.15) is 0 Å². The highest BCUT2D eigenvalue weighted by atomic mass is 79.9. The number of carbonyl (C=O) groups is 1. The number of aliphatic hydroxyl groups excluding tert-OH is 1. The van der Waals surface area contributed by atoms with Gasteiger partial charge in [0.1, 0.15) is 12.4 Å². The van der Waals surface area contributed by atoms with Crippen molar-refractivity contribution in [1.82, 2.24) is 5.32 Å². The van der Waals surface area contributed by atoms with Crippen molar-refractivity contribution in [3.05, 3.63) is 76.8 Å². The SMILES string of the molecule is C=CCNC(=O)[C@@]1(Cc2ccc(Br)cc2)COC(c2ccc(OCCCO)cc2)=N1. The third kappa shape index (κ3) is 5.49. The standard InChI is InChI=1S/C23H25BrN2O4/c1-2-12-25-22(28)23(15-17-4-8-19(24)9-5-17)16-30-21(26-23)18-6-10-20(11-7-18)29-14-3-13-27/h2,4-11,27H,1,3,12-16H2,(H,25,28)/t23-/m1/s1. The molecule has 30 heavy (non-hydrogen) atoms. The molecule has 1 amide bonds. The number of ether oxygens (including phenoxy) is 2. The van der Waals surface area contributed by atoms with Crippen molar-refractivity contribution in [3.63, 3.8) is 0 Å². The molecule has 0 aliphatic carbocycles. The molecule has 0 spiro atoms. The molecule has 1 atom stereocenters. The lowest BCUT2D eigenvalue weighted by molar-refractivity contribution is -0.126. The molecule has 6 nitrogen and oxygen atoms in total. The van der Waals surface area contributed by atoms with Crippen LogP contribution in [0.25, 0.3) is 0 Å². The molecule has 0 aromatic heterocycles. The smallest absolute Gasteiger partial charge is 0.252 e. The van der Waals surface area contributed by atoms with Crippen LogP contribution in [0.4, 0.5) is 0 Å². The van der Waals surface area contributed by atoms with Crippen LogP contribution in [0, 0.1) is 0 Å². The van der Waals surface area contributed by atoms with E-state index < -0.39 is 5.54 Å². The first-order valence-corrected chi connectivity index (χ1v) is 10.6. The molecule has 2 aromatic carbocycles. The average Bonchev–Trinajstić information content (AvgIpc) is 3.19. The second kappa shape index (κ2) is 10.4. The Labute approximate surface area is 184 Å². The topological polar surface area (TPSA) is 80.2 Å². The molecule has 7 heteroatoms. The maximum atomic E-state index is 13.0. The monoisotopic (exact) mass is 472 g/mol. The first-order chi connectivity index (χ1) is 14.6. The summed E-state index contributed by atoms with van der Waals surface area (Å²) in [6.45, 7) is 4.74. The van der Waals surface area contributed by atoms with E-state index in [0.717, 1.165) is 15.6 Å². The molecule has 0 radical (unpaired) electrons. The lowest BCUT2D eigenvalue weighted by Crippen LogP contribution is -2.48. The van der Waals surface area contributed by atoms with Gasteiger partial charge in [-0.05, 0) is 42.0 Å². The fourth-order valence-corrected chi connectivity index (χ4v) is 3.36. The second-order valence-corrected chi connectivity index (χ2v) is 7.90. The molecular formula is C23H25BrN2O4. The fraction of sp³-hybridized carbons (Fsp3) is 0.304. The summed E-state index contributed by atoms with van der Waals surface area (Å²) in [5.74, 6) is 0.947. The Bertz CT molecular complexity index is 896. The van der Waals surface area contributed by atoms with Gasteiger partial charge in [0.05, 0.1) is 6.61 Å². The van der Waals surface area contributed by atoms with Gasteiger partial charge in [0.25, 0.3) is 5.91 Å². The average molecular weight is 473 g/mol. The number of amides is 1. The highest BCUT2D eigenvalue weighted by Crippen LogP contribution is 2.28. The molecule has 1 aliphatic heterocycles. The van der Waals surface area contributed by atoms with Gasteiger partial charge in [0.2, 0.25) is 5.90 Å². The second-order valence-electron chi connectivity index (χ2n) is 6.99. The molecule has 3 rings (SSSR count). The summed E-state index contributed by atoms with van der Waals surface area (Å²) in [5, 5.41) is 11.7. The van der Waals surface area contributed by atoms with Crippen molar-refractivity contribution in [2.75, 3.05) is 26.4 Å². The van der Waals surface area contributed by atoms with Gasteiger partial charge in [-0.3, -0.25) is 4.79 Å². The number of aliphatic imine (C=N–C) groups is 1. The summed E-state index contributed by atoms with van der Waals surface area (Å²) < 4.78 is 12.4. The summed E-state index contributed by atoms with van der Waals surface area (Å²) in [4.78, 5) is 17.7. The molecule has 0 fully saturated rings. The van der Waals surface area contributed by atoms with Crippen molar-refractivity contribution < 1.29 is 19.4 Å². The molecule has 0 saturated heterocycles. The van der Waals surface area contributed by atoms with E-state index in [9.17, 15) is 4.79 Å². The lowest BCUT2D eigenvalue weighted by atomic mass is 9.91. The van der Waals surface area contributed by atoms with Crippen LogP contribution in [-0.4, -0.2) is 48.8 Å². The Kier molecular flexibility index (Phi) is 7.65. The maximum absolute atomic E-state index is 13.0. The molecule has 0 unspecified atom stereocenters. The van der Waals surface area contributed by atoms with E-state index in [1.54, 1.807) is 6.08 Å². The summed E-state index contributed by atoms with van der Waals surface area (Å²) in [6.07, 6.45) is 2.65. The fourth-order valence-electron chi connectivity index (χ4n) is 3.10. The highest BCUT2D eigenvalue weighted by Gasteiger charge is 2.44. The Morgan fingerprint density at radius 1 is 1.27 bits per heavy atom. The third-order valence-corrected chi connectivity index (χ3v) is 5.20. The lowest BCUT2D eigenvalue weighted by Gasteiger charge is -2.23. The van der Waals surface area contributed by atoms with E-state index in [-0.39, 0.29) is 19.1 Å². The van der Waals surface area contributed by atoms with Crippen LogP contribution in [0.1, 0.15) is 17.5 Å². The number of nitrogens with one attached hydrogen (secondary N) is 1. The van der Waals surface area contributed by atoms with Gasteiger partial charge in [-0.1, -0.05) is 34.1 Å². The van der Waals surface area contributed by atoms with Gasteiger partial charge >= 0.3 is 0 Å². The Morgan fingerprint density at radius 3 is 2.67 bits per heavy atom. The molecule has 0 saturated carbocycles. The van der Waals surface area contributed by atoms with E-state index in [2.05, 4.69) is 27.8 Å². The van der Waals surface area contributed by atoms with Crippen molar-refractivity contribution in [2.45, 2.75) is 18.4 Å². The Balaban J connectivity index is 1.82. The van der Waals surface area contributed by atoms with Crippen LogP contribution in [0.3, 0.4) is 0 Å². The number of nitrogens with zero attached hydrogens (tertiary/aromatic N) is 1.